The molecule has 3 rings (SSSR count). The monoisotopic (exact) mass is 384 g/mol. The van der Waals surface area contributed by atoms with Crippen molar-refractivity contribution in [3.8, 4) is 0 Å². The lowest BCUT2D eigenvalue weighted by atomic mass is 10.2. The molecule has 2 heterocycles. The molecule has 0 unspecified atom stereocenters. The summed E-state index contributed by atoms with van der Waals surface area (Å²) in [6.07, 6.45) is 1.62. The number of aromatic nitrogens is 3. The van der Waals surface area contributed by atoms with Gasteiger partial charge >= 0.3 is 0 Å². The van der Waals surface area contributed by atoms with Crippen LogP contribution >= 0.6 is 0 Å². The van der Waals surface area contributed by atoms with E-state index in [9.17, 15) is 14.0 Å². The van der Waals surface area contributed by atoms with E-state index in [0.29, 0.717) is 30.6 Å². The van der Waals surface area contributed by atoms with E-state index < -0.39 is 0 Å². The standard InChI is InChI=1S/C21H25FN4O2/c1-5-24(6-2)19(27)13-26-21(28)20-15(4)25(14(3)17(20)11-23-26)12-16-9-7-8-10-18(16)22/h7-11H,5-6,12-13H2,1-4H3. The molecule has 148 valence electrons. The van der Waals surface area contributed by atoms with Gasteiger partial charge in [0.2, 0.25) is 5.91 Å². The maximum Gasteiger partial charge on any atom is 0.276 e. The summed E-state index contributed by atoms with van der Waals surface area (Å²) in [5.74, 6) is -0.418. The second-order valence-corrected chi connectivity index (χ2v) is 6.81. The Kier molecular flexibility index (Phi) is 5.63. The fourth-order valence-corrected chi connectivity index (χ4v) is 3.60. The second kappa shape index (κ2) is 7.96. The van der Waals surface area contributed by atoms with Crippen LogP contribution in [0.4, 0.5) is 4.39 Å². The summed E-state index contributed by atoms with van der Waals surface area (Å²) in [6.45, 7) is 8.95. The fourth-order valence-electron chi connectivity index (χ4n) is 3.60. The molecule has 0 radical (unpaired) electrons. The molecule has 0 bridgehead atoms. The van der Waals surface area contributed by atoms with E-state index in [1.807, 2.05) is 32.3 Å². The fraction of sp³-hybridized carbons (Fsp3) is 0.381. The van der Waals surface area contributed by atoms with Gasteiger partial charge < -0.3 is 9.47 Å². The van der Waals surface area contributed by atoms with Gasteiger partial charge in [-0.3, -0.25) is 9.59 Å². The van der Waals surface area contributed by atoms with Crippen LogP contribution in [0.15, 0.2) is 35.3 Å². The lowest BCUT2D eigenvalue weighted by molar-refractivity contribution is -0.131. The third kappa shape index (κ3) is 3.44. The minimum absolute atomic E-state index is 0.0898. The summed E-state index contributed by atoms with van der Waals surface area (Å²) in [6, 6.07) is 6.61. The van der Waals surface area contributed by atoms with Crippen molar-refractivity contribution in [1.29, 1.82) is 0 Å². The average Bonchev–Trinajstić information content (AvgIpc) is 2.92. The highest BCUT2D eigenvalue weighted by atomic mass is 19.1. The van der Waals surface area contributed by atoms with Crippen LogP contribution in [0.5, 0.6) is 0 Å². The first-order valence-electron chi connectivity index (χ1n) is 9.45. The Morgan fingerprint density at radius 3 is 2.46 bits per heavy atom. The van der Waals surface area contributed by atoms with Crippen LogP contribution in [0, 0.1) is 19.7 Å². The van der Waals surface area contributed by atoms with E-state index in [4.69, 9.17) is 0 Å². The molecule has 6 nitrogen and oxygen atoms in total. The lowest BCUT2D eigenvalue weighted by Crippen LogP contribution is -2.37. The van der Waals surface area contributed by atoms with Gasteiger partial charge in [0, 0.05) is 35.4 Å². The van der Waals surface area contributed by atoms with E-state index in [2.05, 4.69) is 5.10 Å². The predicted octanol–water partition coefficient (Wildman–Crippen LogP) is 2.87. The summed E-state index contributed by atoms with van der Waals surface area (Å²) in [5.41, 5.74) is 1.85. The number of halogens is 1. The maximum atomic E-state index is 14.1. The Hall–Kier alpha value is -2.96. The number of carbonyl (C=O) groups is 1. The zero-order valence-corrected chi connectivity index (χ0v) is 16.7. The SMILES string of the molecule is CCN(CC)C(=O)Cn1ncc2c(C)n(Cc3ccccc3F)c(C)c2c1=O. The third-order valence-electron chi connectivity index (χ3n) is 5.29. The molecule has 0 aliphatic heterocycles. The van der Waals surface area contributed by atoms with Crippen LogP contribution in [0.1, 0.15) is 30.8 Å². The summed E-state index contributed by atoms with van der Waals surface area (Å²) < 4.78 is 17.2. The van der Waals surface area contributed by atoms with Gasteiger partial charge in [-0.15, -0.1) is 0 Å². The highest BCUT2D eigenvalue weighted by Gasteiger charge is 2.19. The third-order valence-corrected chi connectivity index (χ3v) is 5.29. The van der Waals surface area contributed by atoms with Crippen molar-refractivity contribution in [3.63, 3.8) is 0 Å². The highest BCUT2D eigenvalue weighted by Crippen LogP contribution is 2.23. The second-order valence-electron chi connectivity index (χ2n) is 6.81. The number of hydrogen-bond acceptors (Lipinski definition) is 3. The van der Waals surface area contributed by atoms with Crippen LogP contribution < -0.4 is 5.56 Å². The lowest BCUT2D eigenvalue weighted by Gasteiger charge is -2.18. The zero-order valence-electron chi connectivity index (χ0n) is 16.7. The van der Waals surface area contributed by atoms with Crippen LogP contribution in [0.25, 0.3) is 10.8 Å². The van der Waals surface area contributed by atoms with Crippen molar-refractivity contribution in [3.05, 3.63) is 63.6 Å². The quantitative estimate of drug-likeness (QED) is 0.657. The molecule has 1 amide bonds. The number of likely N-dealkylation sites (N-methyl/N-ethyl adjacent to an activating group) is 1. The first-order chi connectivity index (χ1) is 13.4. The smallest absolute Gasteiger partial charge is 0.276 e. The van der Waals surface area contributed by atoms with Gasteiger partial charge in [0.05, 0.1) is 18.1 Å². The summed E-state index contributed by atoms with van der Waals surface area (Å²) >= 11 is 0. The molecule has 0 saturated heterocycles. The topological polar surface area (TPSA) is 60.1 Å². The predicted molar refractivity (Wildman–Crippen MR) is 107 cm³/mol. The van der Waals surface area contributed by atoms with Crippen molar-refractivity contribution in [2.45, 2.75) is 40.8 Å². The number of amides is 1. The average molecular weight is 384 g/mol. The number of rotatable bonds is 6. The number of aryl methyl sites for hydroxylation is 2. The van der Waals surface area contributed by atoms with Gasteiger partial charge in [0.1, 0.15) is 12.4 Å². The van der Waals surface area contributed by atoms with E-state index >= 15 is 0 Å². The molecule has 0 saturated carbocycles. The van der Waals surface area contributed by atoms with Gasteiger partial charge in [0.25, 0.3) is 5.56 Å². The van der Waals surface area contributed by atoms with Crippen LogP contribution in [0.3, 0.4) is 0 Å². The highest BCUT2D eigenvalue weighted by molar-refractivity contribution is 5.87. The molecular formula is C21H25FN4O2. The largest absolute Gasteiger partial charge is 0.343 e. The zero-order chi connectivity index (χ0) is 20.4. The first-order valence-corrected chi connectivity index (χ1v) is 9.45. The molecule has 28 heavy (non-hydrogen) atoms. The van der Waals surface area contributed by atoms with Crippen molar-refractivity contribution >= 4 is 16.7 Å². The molecular weight excluding hydrogens is 359 g/mol. The van der Waals surface area contributed by atoms with Crippen molar-refractivity contribution in [1.82, 2.24) is 19.2 Å². The summed E-state index contributed by atoms with van der Waals surface area (Å²) in [4.78, 5) is 27.1. The normalized spacial score (nSPS) is 11.2. The number of fused-ring (bicyclic) bond motifs is 1. The van der Waals surface area contributed by atoms with Gasteiger partial charge in [-0.2, -0.15) is 5.10 Å². The molecule has 0 fully saturated rings. The number of nitrogens with zero attached hydrogens (tertiary/aromatic N) is 4. The van der Waals surface area contributed by atoms with Crippen LogP contribution in [0.2, 0.25) is 0 Å². The van der Waals surface area contributed by atoms with Gasteiger partial charge in [-0.05, 0) is 33.8 Å². The van der Waals surface area contributed by atoms with Crippen molar-refractivity contribution in [2.75, 3.05) is 13.1 Å². The number of hydrogen-bond donors (Lipinski definition) is 0. The Balaban J connectivity index is 2.04. The van der Waals surface area contributed by atoms with Crippen LogP contribution in [-0.2, 0) is 17.9 Å². The maximum absolute atomic E-state index is 14.1. The summed E-state index contributed by atoms with van der Waals surface area (Å²) in [5, 5.41) is 5.46. The molecule has 0 aliphatic carbocycles. The minimum atomic E-state index is -0.300. The Bertz CT molecular complexity index is 1080. The number of benzene rings is 1. The van der Waals surface area contributed by atoms with E-state index in [1.165, 1.54) is 10.7 Å². The molecule has 7 heteroatoms. The molecule has 1 aromatic carbocycles. The first kappa shape index (κ1) is 19.8. The van der Waals surface area contributed by atoms with E-state index in [0.717, 1.165) is 16.8 Å². The van der Waals surface area contributed by atoms with Crippen molar-refractivity contribution < 1.29 is 9.18 Å². The van der Waals surface area contributed by atoms with Crippen LogP contribution in [-0.4, -0.2) is 38.2 Å². The van der Waals surface area contributed by atoms with E-state index in [1.54, 1.807) is 29.3 Å². The molecule has 3 aromatic rings. The van der Waals surface area contributed by atoms with E-state index in [-0.39, 0.29) is 23.8 Å². The van der Waals surface area contributed by atoms with Gasteiger partial charge in [0.15, 0.2) is 0 Å². The Labute approximate surface area is 163 Å². The molecule has 0 atom stereocenters. The van der Waals surface area contributed by atoms with Gasteiger partial charge in [-0.25, -0.2) is 9.07 Å². The van der Waals surface area contributed by atoms with Crippen molar-refractivity contribution in [2.24, 2.45) is 0 Å². The molecule has 0 aliphatic rings. The molecule has 2 aromatic heterocycles. The Morgan fingerprint density at radius 2 is 1.82 bits per heavy atom. The summed E-state index contributed by atoms with van der Waals surface area (Å²) in [7, 11) is 0. The van der Waals surface area contributed by atoms with Gasteiger partial charge in [-0.1, -0.05) is 18.2 Å². The Morgan fingerprint density at radius 1 is 1.14 bits per heavy atom. The molecule has 0 spiro atoms. The molecule has 0 N–H and O–H groups in total. The number of carbonyl (C=O) groups excluding carboxylic acids is 1. The minimum Gasteiger partial charge on any atom is -0.343 e.